The van der Waals surface area contributed by atoms with Crippen LogP contribution in [0.2, 0.25) is 0 Å². The number of nitrogens with zero attached hydrogens (tertiary/aromatic N) is 1. The summed E-state index contributed by atoms with van der Waals surface area (Å²) < 4.78 is 10.2. The van der Waals surface area contributed by atoms with Gasteiger partial charge in [-0.2, -0.15) is 0 Å². The normalized spacial score (nSPS) is 14.0. The zero-order valence-corrected chi connectivity index (χ0v) is 11.8. The third-order valence-corrected chi connectivity index (χ3v) is 3.42. The van der Waals surface area contributed by atoms with Gasteiger partial charge in [0.2, 0.25) is 5.76 Å². The Hall–Kier alpha value is -2.83. The van der Waals surface area contributed by atoms with Gasteiger partial charge in [-0.3, -0.25) is 4.79 Å². The van der Waals surface area contributed by atoms with Gasteiger partial charge >= 0.3 is 5.97 Å². The smallest absolute Gasteiger partial charge is 0.330 e. The SMILES string of the molecule is Cc1cc(C(=O)NC(C(=O)O)c2ccc3c(c2)CCO3)on1. The molecule has 1 aromatic carbocycles. The first-order valence-electron chi connectivity index (χ1n) is 6.77. The number of amides is 1. The summed E-state index contributed by atoms with van der Waals surface area (Å²) in [5.41, 5.74) is 1.97. The van der Waals surface area contributed by atoms with Crippen LogP contribution in [-0.4, -0.2) is 28.7 Å². The molecule has 1 unspecified atom stereocenters. The predicted molar refractivity (Wildman–Crippen MR) is 74.7 cm³/mol. The van der Waals surface area contributed by atoms with Crippen LogP contribution in [0, 0.1) is 6.92 Å². The Morgan fingerprint density at radius 1 is 1.36 bits per heavy atom. The topological polar surface area (TPSA) is 102 Å². The molecule has 0 saturated heterocycles. The van der Waals surface area contributed by atoms with Crippen molar-refractivity contribution < 1.29 is 24.0 Å². The number of hydrogen-bond donors (Lipinski definition) is 2. The van der Waals surface area contributed by atoms with E-state index in [2.05, 4.69) is 10.5 Å². The van der Waals surface area contributed by atoms with Gasteiger partial charge in [0.1, 0.15) is 5.75 Å². The van der Waals surface area contributed by atoms with E-state index in [0.717, 1.165) is 17.7 Å². The molecule has 1 amide bonds. The van der Waals surface area contributed by atoms with E-state index in [1.165, 1.54) is 6.07 Å². The molecule has 22 heavy (non-hydrogen) atoms. The standard InChI is InChI=1S/C15H14N2O5/c1-8-6-12(22-17-8)14(18)16-13(15(19)20)10-2-3-11-9(7-10)4-5-21-11/h2-3,6-7,13H,4-5H2,1H3,(H,16,18)(H,19,20). The summed E-state index contributed by atoms with van der Waals surface area (Å²) in [4.78, 5) is 23.5. The fraction of sp³-hybridized carbons (Fsp3) is 0.267. The van der Waals surface area contributed by atoms with Crippen molar-refractivity contribution in [3.63, 3.8) is 0 Å². The van der Waals surface area contributed by atoms with Gasteiger partial charge in [0, 0.05) is 12.5 Å². The number of benzene rings is 1. The first-order chi connectivity index (χ1) is 10.5. The van der Waals surface area contributed by atoms with Crippen molar-refractivity contribution in [2.75, 3.05) is 6.61 Å². The third kappa shape index (κ3) is 2.65. The number of carboxylic acid groups (broad SMARTS) is 1. The van der Waals surface area contributed by atoms with Crippen molar-refractivity contribution in [2.45, 2.75) is 19.4 Å². The minimum atomic E-state index is -1.16. The number of fused-ring (bicyclic) bond motifs is 1. The lowest BCUT2D eigenvalue weighted by Gasteiger charge is -2.14. The average Bonchev–Trinajstić information content (AvgIpc) is 3.11. The molecular weight excluding hydrogens is 288 g/mol. The van der Waals surface area contributed by atoms with E-state index in [4.69, 9.17) is 9.26 Å². The Morgan fingerprint density at radius 2 is 2.18 bits per heavy atom. The highest BCUT2D eigenvalue weighted by molar-refractivity contribution is 5.94. The molecule has 1 aromatic heterocycles. The van der Waals surface area contributed by atoms with Crippen molar-refractivity contribution in [3.05, 3.63) is 46.8 Å². The van der Waals surface area contributed by atoms with Crippen molar-refractivity contribution in [3.8, 4) is 5.75 Å². The molecule has 0 saturated carbocycles. The molecular formula is C15H14N2O5. The number of carboxylic acids is 1. The molecule has 0 bridgehead atoms. The summed E-state index contributed by atoms with van der Waals surface area (Å²) in [5, 5.41) is 15.4. The summed E-state index contributed by atoms with van der Waals surface area (Å²) in [7, 11) is 0. The minimum absolute atomic E-state index is 0.0201. The second-order valence-electron chi connectivity index (χ2n) is 5.04. The average molecular weight is 302 g/mol. The summed E-state index contributed by atoms with van der Waals surface area (Å²) in [6.07, 6.45) is 0.727. The van der Waals surface area contributed by atoms with Gasteiger partial charge in [0.25, 0.3) is 5.91 Å². The molecule has 0 aliphatic carbocycles. The first-order valence-corrected chi connectivity index (χ1v) is 6.77. The van der Waals surface area contributed by atoms with Gasteiger partial charge in [0.15, 0.2) is 6.04 Å². The third-order valence-electron chi connectivity index (χ3n) is 3.42. The van der Waals surface area contributed by atoms with Crippen molar-refractivity contribution in [2.24, 2.45) is 0 Å². The summed E-state index contributed by atoms with van der Waals surface area (Å²) in [5.74, 6) is -1.04. The van der Waals surface area contributed by atoms with Crippen LogP contribution < -0.4 is 10.1 Å². The van der Waals surface area contributed by atoms with Crippen LogP contribution in [0.5, 0.6) is 5.75 Å². The van der Waals surface area contributed by atoms with Crippen molar-refractivity contribution in [1.29, 1.82) is 0 Å². The molecule has 7 heteroatoms. The number of carbonyl (C=O) groups is 2. The fourth-order valence-electron chi connectivity index (χ4n) is 2.35. The highest BCUT2D eigenvalue weighted by Gasteiger charge is 2.26. The Labute approximate surface area is 125 Å². The van der Waals surface area contributed by atoms with Crippen LogP contribution in [-0.2, 0) is 11.2 Å². The van der Waals surface area contributed by atoms with Crippen LogP contribution in [0.3, 0.4) is 0 Å². The maximum absolute atomic E-state index is 12.0. The molecule has 1 aliphatic rings. The molecule has 2 N–H and O–H groups in total. The van der Waals surface area contributed by atoms with E-state index in [-0.39, 0.29) is 5.76 Å². The van der Waals surface area contributed by atoms with Crippen LogP contribution in [0.25, 0.3) is 0 Å². The van der Waals surface area contributed by atoms with Gasteiger partial charge < -0.3 is 19.7 Å². The summed E-state index contributed by atoms with van der Waals surface area (Å²) in [6.45, 7) is 2.26. The maximum atomic E-state index is 12.0. The van der Waals surface area contributed by atoms with Crippen molar-refractivity contribution in [1.82, 2.24) is 10.5 Å². The van der Waals surface area contributed by atoms with Gasteiger partial charge in [-0.05, 0) is 30.2 Å². The molecule has 3 rings (SSSR count). The molecule has 0 spiro atoms. The zero-order valence-electron chi connectivity index (χ0n) is 11.8. The maximum Gasteiger partial charge on any atom is 0.330 e. The number of aromatic nitrogens is 1. The van der Waals surface area contributed by atoms with Gasteiger partial charge in [-0.25, -0.2) is 4.79 Å². The van der Waals surface area contributed by atoms with E-state index in [1.54, 1.807) is 25.1 Å². The van der Waals surface area contributed by atoms with Crippen LogP contribution in [0.1, 0.15) is 33.4 Å². The highest BCUT2D eigenvalue weighted by atomic mass is 16.5. The first kappa shape index (κ1) is 14.1. The number of aliphatic carboxylic acids is 1. The molecule has 1 aliphatic heterocycles. The number of hydrogen-bond acceptors (Lipinski definition) is 5. The molecule has 2 heterocycles. The number of carbonyl (C=O) groups excluding carboxylic acids is 1. The molecule has 7 nitrogen and oxygen atoms in total. The lowest BCUT2D eigenvalue weighted by Crippen LogP contribution is -2.33. The Kier molecular flexibility index (Phi) is 3.54. The molecule has 114 valence electrons. The second-order valence-corrected chi connectivity index (χ2v) is 5.04. The number of ether oxygens (including phenoxy) is 1. The lowest BCUT2D eigenvalue weighted by atomic mass is 10.0. The van der Waals surface area contributed by atoms with Crippen LogP contribution in [0.4, 0.5) is 0 Å². The minimum Gasteiger partial charge on any atom is -0.493 e. The number of aryl methyl sites for hydroxylation is 1. The summed E-state index contributed by atoms with van der Waals surface area (Å²) in [6, 6.07) is 5.38. The lowest BCUT2D eigenvalue weighted by molar-refractivity contribution is -0.139. The second kappa shape index (κ2) is 5.51. The molecule has 0 fully saturated rings. The van der Waals surface area contributed by atoms with Crippen molar-refractivity contribution >= 4 is 11.9 Å². The monoisotopic (exact) mass is 302 g/mol. The largest absolute Gasteiger partial charge is 0.493 e. The Morgan fingerprint density at radius 3 is 2.86 bits per heavy atom. The van der Waals surface area contributed by atoms with Gasteiger partial charge in [-0.1, -0.05) is 11.2 Å². The van der Waals surface area contributed by atoms with E-state index >= 15 is 0 Å². The van der Waals surface area contributed by atoms with E-state index < -0.39 is 17.9 Å². The fourth-order valence-corrected chi connectivity index (χ4v) is 2.35. The quantitative estimate of drug-likeness (QED) is 0.887. The van der Waals surface area contributed by atoms with E-state index in [0.29, 0.717) is 17.9 Å². The highest BCUT2D eigenvalue weighted by Crippen LogP contribution is 2.28. The van der Waals surface area contributed by atoms with E-state index in [1.807, 2.05) is 0 Å². The number of rotatable bonds is 4. The van der Waals surface area contributed by atoms with Crippen LogP contribution >= 0.6 is 0 Å². The molecule has 0 radical (unpaired) electrons. The molecule has 2 aromatic rings. The van der Waals surface area contributed by atoms with Gasteiger partial charge in [0.05, 0.1) is 12.3 Å². The Balaban J connectivity index is 1.84. The zero-order chi connectivity index (χ0) is 15.7. The van der Waals surface area contributed by atoms with E-state index in [9.17, 15) is 14.7 Å². The number of nitrogens with one attached hydrogen (secondary N) is 1. The predicted octanol–water partition coefficient (Wildman–Crippen LogP) is 1.47. The summed E-state index contributed by atoms with van der Waals surface area (Å²) >= 11 is 0. The Bertz CT molecular complexity index is 737. The van der Waals surface area contributed by atoms with Gasteiger partial charge in [-0.15, -0.1) is 0 Å². The van der Waals surface area contributed by atoms with Crippen LogP contribution in [0.15, 0.2) is 28.8 Å². The molecule has 1 atom stereocenters.